The lowest BCUT2D eigenvalue weighted by molar-refractivity contribution is 0.669. The van der Waals surface area contributed by atoms with Crippen LogP contribution in [0.2, 0.25) is 0 Å². The van der Waals surface area contributed by atoms with Gasteiger partial charge in [-0.1, -0.05) is 133 Å². The van der Waals surface area contributed by atoms with Gasteiger partial charge in [0, 0.05) is 55.1 Å². The van der Waals surface area contributed by atoms with E-state index in [9.17, 15) is 0 Å². The monoisotopic (exact) mass is 742 g/mol. The predicted molar refractivity (Wildman–Crippen MR) is 241 cm³/mol. The van der Waals surface area contributed by atoms with Crippen molar-refractivity contribution >= 4 is 82.7 Å². The molecular weight excluding hydrogens is 709 g/mol. The van der Waals surface area contributed by atoms with E-state index in [2.05, 4.69) is 198 Å². The van der Waals surface area contributed by atoms with Crippen molar-refractivity contribution < 1.29 is 8.83 Å². The Hall–Kier alpha value is -7.82. The molecule has 272 valence electrons. The van der Waals surface area contributed by atoms with E-state index in [0.717, 1.165) is 88.9 Å². The number of para-hydroxylation sites is 6. The van der Waals surface area contributed by atoms with Crippen molar-refractivity contribution in [3.05, 3.63) is 206 Å². The average Bonchev–Trinajstić information content (AvgIpc) is 3.98. The highest BCUT2D eigenvalue weighted by molar-refractivity contribution is 6.17. The van der Waals surface area contributed by atoms with Crippen LogP contribution in [0.5, 0.6) is 0 Å². The summed E-state index contributed by atoms with van der Waals surface area (Å²) in [7, 11) is 0. The minimum absolute atomic E-state index is 0.857. The maximum absolute atomic E-state index is 6.82. The third kappa shape index (κ3) is 4.95. The van der Waals surface area contributed by atoms with E-state index in [1.54, 1.807) is 0 Å². The molecule has 0 unspecified atom stereocenters. The Kier molecular flexibility index (Phi) is 7.20. The minimum atomic E-state index is 0.857. The van der Waals surface area contributed by atoms with Crippen LogP contribution in [0.25, 0.3) is 93.6 Å². The molecule has 9 aromatic carbocycles. The number of aromatic nitrogens is 1. The fraction of sp³-hybridized carbons (Fsp3) is 0. The zero-order chi connectivity index (χ0) is 38.2. The minimum Gasteiger partial charge on any atom is -0.455 e. The Morgan fingerprint density at radius 2 is 0.862 bits per heavy atom. The topological polar surface area (TPSA) is 34.5 Å². The summed E-state index contributed by atoms with van der Waals surface area (Å²) in [5.74, 6) is 0. The van der Waals surface area contributed by atoms with Crippen molar-refractivity contribution in [3.8, 4) is 27.9 Å². The molecule has 12 rings (SSSR count). The summed E-state index contributed by atoms with van der Waals surface area (Å²) < 4.78 is 15.6. The first-order valence-electron chi connectivity index (χ1n) is 19.7. The van der Waals surface area contributed by atoms with Gasteiger partial charge in [0.1, 0.15) is 22.3 Å². The van der Waals surface area contributed by atoms with E-state index in [4.69, 9.17) is 8.83 Å². The van der Waals surface area contributed by atoms with Crippen molar-refractivity contribution in [2.75, 3.05) is 4.90 Å². The van der Waals surface area contributed by atoms with Gasteiger partial charge in [-0.05, 0) is 83.9 Å². The SMILES string of the molecule is c1ccc(N(c2ccc(-c3cccc4c3oc3ccccc34)cc2)c2ccc(-c3ccc(-n4c5ccccc5c5ccccc54)cc3)c3oc4ccccc4c23)cc1. The molecule has 4 heteroatoms. The summed E-state index contributed by atoms with van der Waals surface area (Å²) in [5.41, 5.74) is 14.5. The number of furan rings is 2. The zero-order valence-electron chi connectivity index (χ0n) is 31.3. The van der Waals surface area contributed by atoms with Gasteiger partial charge in [-0.15, -0.1) is 0 Å². The Balaban J connectivity index is 0.998. The lowest BCUT2D eigenvalue weighted by Crippen LogP contribution is -2.10. The molecule has 58 heavy (non-hydrogen) atoms. The summed E-state index contributed by atoms with van der Waals surface area (Å²) in [5, 5.41) is 6.90. The van der Waals surface area contributed by atoms with Gasteiger partial charge < -0.3 is 18.3 Å². The molecule has 0 atom stereocenters. The summed E-state index contributed by atoms with van der Waals surface area (Å²) in [4.78, 5) is 2.34. The van der Waals surface area contributed by atoms with E-state index in [-0.39, 0.29) is 0 Å². The molecule has 0 amide bonds. The Bertz CT molecular complexity index is 3450. The molecule has 0 bridgehead atoms. The largest absolute Gasteiger partial charge is 0.455 e. The summed E-state index contributed by atoms with van der Waals surface area (Å²) in [6, 6.07) is 73.0. The number of hydrogen-bond donors (Lipinski definition) is 0. The van der Waals surface area contributed by atoms with Gasteiger partial charge in [-0.25, -0.2) is 0 Å². The Morgan fingerprint density at radius 3 is 1.57 bits per heavy atom. The highest BCUT2D eigenvalue weighted by atomic mass is 16.3. The quantitative estimate of drug-likeness (QED) is 0.170. The molecule has 0 saturated carbocycles. The van der Waals surface area contributed by atoms with Gasteiger partial charge >= 0.3 is 0 Å². The maximum Gasteiger partial charge on any atom is 0.145 e. The molecule has 0 aliphatic heterocycles. The van der Waals surface area contributed by atoms with Crippen LogP contribution in [0.1, 0.15) is 0 Å². The van der Waals surface area contributed by atoms with Gasteiger partial charge in [-0.2, -0.15) is 0 Å². The number of rotatable bonds is 6. The Labute approximate surface area is 334 Å². The van der Waals surface area contributed by atoms with Crippen LogP contribution in [0.3, 0.4) is 0 Å². The Morgan fingerprint density at radius 1 is 0.345 bits per heavy atom. The lowest BCUT2D eigenvalue weighted by Gasteiger charge is -2.27. The van der Waals surface area contributed by atoms with Crippen LogP contribution >= 0.6 is 0 Å². The molecular formula is C54H34N2O2. The zero-order valence-corrected chi connectivity index (χ0v) is 31.3. The second-order valence-corrected chi connectivity index (χ2v) is 14.8. The van der Waals surface area contributed by atoms with Gasteiger partial charge in [0.15, 0.2) is 0 Å². The molecule has 3 heterocycles. The van der Waals surface area contributed by atoms with Crippen molar-refractivity contribution in [3.63, 3.8) is 0 Å². The number of anilines is 3. The standard InChI is InChI=1S/C54H34N2O2/c1-2-13-37(14-3-1)55(38-29-25-35(26-30-38)40-19-12-20-45-44-17-6-10-23-50(44)57-53(40)45)49-34-33-41(54-52(49)46-18-7-11-24-51(46)58-54)36-27-31-39(32-28-36)56-47-21-8-4-15-42(47)43-16-5-9-22-48(43)56/h1-34H. The highest BCUT2D eigenvalue weighted by Crippen LogP contribution is 2.47. The van der Waals surface area contributed by atoms with Crippen LogP contribution in [0, 0.1) is 0 Å². The highest BCUT2D eigenvalue weighted by Gasteiger charge is 2.23. The number of fused-ring (bicyclic) bond motifs is 9. The first-order valence-corrected chi connectivity index (χ1v) is 19.7. The van der Waals surface area contributed by atoms with Gasteiger partial charge in [0.25, 0.3) is 0 Å². The normalized spacial score (nSPS) is 11.8. The molecule has 4 nitrogen and oxygen atoms in total. The maximum atomic E-state index is 6.82. The second-order valence-electron chi connectivity index (χ2n) is 14.8. The fourth-order valence-electron chi connectivity index (χ4n) is 8.98. The first-order chi connectivity index (χ1) is 28.8. The summed E-state index contributed by atoms with van der Waals surface area (Å²) >= 11 is 0. The third-order valence-electron chi connectivity index (χ3n) is 11.6. The molecule has 0 radical (unpaired) electrons. The summed E-state index contributed by atoms with van der Waals surface area (Å²) in [6.07, 6.45) is 0. The van der Waals surface area contributed by atoms with E-state index in [1.165, 1.54) is 21.8 Å². The smallest absolute Gasteiger partial charge is 0.145 e. The third-order valence-corrected chi connectivity index (χ3v) is 11.6. The van der Waals surface area contributed by atoms with Crippen molar-refractivity contribution in [2.45, 2.75) is 0 Å². The summed E-state index contributed by atoms with van der Waals surface area (Å²) in [6.45, 7) is 0. The molecule has 0 N–H and O–H groups in total. The van der Waals surface area contributed by atoms with Crippen LogP contribution in [0.15, 0.2) is 215 Å². The fourth-order valence-corrected chi connectivity index (χ4v) is 8.98. The molecule has 0 fully saturated rings. The van der Waals surface area contributed by atoms with Gasteiger partial charge in [-0.3, -0.25) is 0 Å². The van der Waals surface area contributed by atoms with Crippen LogP contribution in [-0.2, 0) is 0 Å². The molecule has 0 spiro atoms. The van der Waals surface area contributed by atoms with Crippen molar-refractivity contribution in [1.29, 1.82) is 0 Å². The van der Waals surface area contributed by atoms with Crippen LogP contribution in [-0.4, -0.2) is 4.57 Å². The van der Waals surface area contributed by atoms with E-state index in [1.807, 2.05) is 18.2 Å². The van der Waals surface area contributed by atoms with Crippen LogP contribution in [0.4, 0.5) is 17.1 Å². The average molecular weight is 743 g/mol. The number of hydrogen-bond acceptors (Lipinski definition) is 3. The van der Waals surface area contributed by atoms with Crippen molar-refractivity contribution in [2.24, 2.45) is 0 Å². The van der Waals surface area contributed by atoms with Gasteiger partial charge in [0.2, 0.25) is 0 Å². The van der Waals surface area contributed by atoms with E-state index < -0.39 is 0 Å². The molecule has 0 aliphatic rings. The predicted octanol–water partition coefficient (Wildman–Crippen LogP) is 15.4. The molecule has 3 aromatic heterocycles. The van der Waals surface area contributed by atoms with Crippen molar-refractivity contribution in [1.82, 2.24) is 4.57 Å². The number of benzene rings is 9. The molecule has 0 saturated heterocycles. The molecule has 0 aliphatic carbocycles. The van der Waals surface area contributed by atoms with E-state index >= 15 is 0 Å². The first kappa shape index (κ1) is 32.4. The number of nitrogens with zero attached hydrogens (tertiary/aromatic N) is 2. The van der Waals surface area contributed by atoms with Crippen LogP contribution < -0.4 is 4.90 Å². The lowest BCUT2D eigenvalue weighted by atomic mass is 9.99. The van der Waals surface area contributed by atoms with E-state index in [0.29, 0.717) is 0 Å². The molecule has 12 aromatic rings. The second kappa shape index (κ2) is 12.9. The van der Waals surface area contributed by atoms with Gasteiger partial charge in [0.05, 0.1) is 22.1 Å².